The Hall–Kier alpha value is -1.08. The Kier molecular flexibility index (Phi) is 9.12. The van der Waals surface area contributed by atoms with Crippen LogP contribution in [0.25, 0.3) is 0 Å². The number of rotatable bonds is 5. The van der Waals surface area contributed by atoms with Gasteiger partial charge in [0.05, 0.1) is 0 Å². The molecule has 1 atom stereocenters. The molecule has 2 aliphatic carbocycles. The van der Waals surface area contributed by atoms with Gasteiger partial charge >= 0.3 is 0 Å². The van der Waals surface area contributed by atoms with Gasteiger partial charge in [0.25, 0.3) is 0 Å². The smallest absolute Gasteiger partial charge is 0.00884 e. The number of hydrogen-bond donors (Lipinski definition) is 1. The Morgan fingerprint density at radius 1 is 1.00 bits per heavy atom. The first kappa shape index (κ1) is 21.6. The fourth-order valence-electron chi connectivity index (χ4n) is 5.36. The van der Waals surface area contributed by atoms with Crippen LogP contribution in [-0.2, 0) is 0 Å². The lowest BCUT2D eigenvalue weighted by Crippen LogP contribution is -2.44. The van der Waals surface area contributed by atoms with Gasteiger partial charge in [-0.2, -0.15) is 0 Å². The third-order valence-corrected chi connectivity index (χ3v) is 7.18. The number of hydrogen-bond acceptors (Lipinski definition) is 2. The Labute approximate surface area is 173 Å². The molecule has 0 aromatic rings. The summed E-state index contributed by atoms with van der Waals surface area (Å²) in [5, 5.41) is 3.48. The molecule has 1 heterocycles. The average molecular weight is 383 g/mol. The van der Waals surface area contributed by atoms with E-state index >= 15 is 0 Å². The minimum atomic E-state index is 0.671. The lowest BCUT2D eigenvalue weighted by atomic mass is 9.77. The van der Waals surface area contributed by atoms with Crippen molar-refractivity contribution >= 4 is 0 Å². The van der Waals surface area contributed by atoms with Gasteiger partial charge in [0.1, 0.15) is 0 Å². The molecule has 0 spiro atoms. The SMILES string of the molecule is CNC1CCN(CC(C2=CC=C=CC(C)=C2)C2CCCCCCCCC2)CC1. The zero-order valence-electron chi connectivity index (χ0n) is 18.4. The van der Waals surface area contributed by atoms with E-state index in [9.17, 15) is 0 Å². The van der Waals surface area contributed by atoms with E-state index in [-0.39, 0.29) is 0 Å². The molecule has 1 unspecified atom stereocenters. The molecule has 1 saturated carbocycles. The zero-order valence-corrected chi connectivity index (χ0v) is 18.4. The van der Waals surface area contributed by atoms with Gasteiger partial charge in [-0.25, -0.2) is 0 Å². The highest BCUT2D eigenvalue weighted by Gasteiger charge is 2.28. The average Bonchev–Trinajstić information content (AvgIpc) is 2.95. The summed E-state index contributed by atoms with van der Waals surface area (Å²) in [6, 6.07) is 0.717. The Morgan fingerprint density at radius 3 is 2.29 bits per heavy atom. The van der Waals surface area contributed by atoms with Crippen LogP contribution in [0.15, 0.2) is 41.2 Å². The zero-order chi connectivity index (χ0) is 19.6. The van der Waals surface area contributed by atoms with Crippen molar-refractivity contribution in [2.45, 2.75) is 83.6 Å². The second kappa shape index (κ2) is 11.8. The van der Waals surface area contributed by atoms with Gasteiger partial charge in [-0.1, -0.05) is 57.1 Å². The Balaban J connectivity index is 1.74. The number of likely N-dealkylation sites (tertiary alicyclic amines) is 1. The van der Waals surface area contributed by atoms with Gasteiger partial charge in [0.15, 0.2) is 0 Å². The standard InChI is InChI=1S/C26H42N2/c1-22-12-10-11-15-24(20-22)26(21-28-18-16-25(27-2)17-19-28)23-13-8-6-4-3-5-7-9-14-23/h11-12,15,20,23,25-27H,3-9,13-14,16-19,21H2,1-2H3. The normalized spacial score (nSPS) is 25.1. The van der Waals surface area contributed by atoms with E-state index in [2.05, 4.69) is 54.2 Å². The summed E-state index contributed by atoms with van der Waals surface area (Å²) >= 11 is 0. The van der Waals surface area contributed by atoms with E-state index in [0.29, 0.717) is 5.92 Å². The molecule has 1 aliphatic heterocycles. The van der Waals surface area contributed by atoms with Crippen LogP contribution in [0.5, 0.6) is 0 Å². The fraction of sp³-hybridized carbons (Fsp3) is 0.731. The summed E-state index contributed by atoms with van der Waals surface area (Å²) < 4.78 is 0. The third-order valence-electron chi connectivity index (χ3n) is 7.18. The maximum absolute atomic E-state index is 3.48. The van der Waals surface area contributed by atoms with Gasteiger partial charge in [0.2, 0.25) is 0 Å². The fourth-order valence-corrected chi connectivity index (χ4v) is 5.36. The highest BCUT2D eigenvalue weighted by atomic mass is 15.1. The van der Waals surface area contributed by atoms with Crippen LogP contribution >= 0.6 is 0 Å². The molecule has 0 radical (unpaired) electrons. The van der Waals surface area contributed by atoms with Crippen molar-refractivity contribution < 1.29 is 0 Å². The molecule has 2 heteroatoms. The summed E-state index contributed by atoms with van der Waals surface area (Å²) in [6.07, 6.45) is 24.6. The van der Waals surface area contributed by atoms with Crippen LogP contribution in [0.4, 0.5) is 0 Å². The van der Waals surface area contributed by atoms with Crippen LogP contribution < -0.4 is 5.32 Å². The minimum absolute atomic E-state index is 0.671. The first-order valence-corrected chi connectivity index (χ1v) is 12.0. The molecule has 0 aromatic carbocycles. The molecule has 2 fully saturated rings. The van der Waals surface area contributed by atoms with Crippen LogP contribution in [0, 0.1) is 11.8 Å². The summed E-state index contributed by atoms with van der Waals surface area (Å²) in [4.78, 5) is 2.75. The molecule has 156 valence electrons. The first-order valence-electron chi connectivity index (χ1n) is 12.0. The predicted octanol–water partition coefficient (Wildman–Crippen LogP) is 6.02. The lowest BCUT2D eigenvalue weighted by molar-refractivity contribution is 0.155. The molecular formula is C26H42N2. The Bertz CT molecular complexity index is 576. The number of piperidine rings is 1. The van der Waals surface area contributed by atoms with Crippen molar-refractivity contribution in [2.75, 3.05) is 26.7 Å². The second-order valence-electron chi connectivity index (χ2n) is 9.32. The molecule has 0 bridgehead atoms. The van der Waals surface area contributed by atoms with Gasteiger partial charge in [-0.05, 0) is 87.9 Å². The lowest BCUT2D eigenvalue weighted by Gasteiger charge is -2.37. The molecule has 1 N–H and O–H groups in total. The van der Waals surface area contributed by atoms with Crippen LogP contribution in [0.2, 0.25) is 0 Å². The van der Waals surface area contributed by atoms with Crippen molar-refractivity contribution in [2.24, 2.45) is 11.8 Å². The summed E-state index contributed by atoms with van der Waals surface area (Å²) in [5.41, 5.74) is 6.22. The third kappa shape index (κ3) is 6.76. The van der Waals surface area contributed by atoms with Crippen molar-refractivity contribution in [3.8, 4) is 0 Å². The van der Waals surface area contributed by atoms with Gasteiger partial charge in [0, 0.05) is 12.6 Å². The monoisotopic (exact) mass is 382 g/mol. The molecule has 0 amide bonds. The maximum atomic E-state index is 3.48. The van der Waals surface area contributed by atoms with E-state index in [1.807, 2.05) is 0 Å². The van der Waals surface area contributed by atoms with Crippen molar-refractivity contribution in [1.29, 1.82) is 0 Å². The van der Waals surface area contributed by atoms with E-state index < -0.39 is 0 Å². The number of allylic oxidation sites excluding steroid dienone is 4. The highest BCUT2D eigenvalue weighted by molar-refractivity contribution is 5.36. The molecule has 3 aliphatic rings. The van der Waals surface area contributed by atoms with Crippen molar-refractivity contribution in [3.05, 3.63) is 41.2 Å². The molecule has 28 heavy (non-hydrogen) atoms. The van der Waals surface area contributed by atoms with Crippen LogP contribution in [0.3, 0.4) is 0 Å². The molecule has 0 aromatic heterocycles. The number of nitrogens with one attached hydrogen (secondary N) is 1. The largest absolute Gasteiger partial charge is 0.317 e. The van der Waals surface area contributed by atoms with E-state index in [4.69, 9.17) is 0 Å². The van der Waals surface area contributed by atoms with E-state index in [1.165, 1.54) is 95.8 Å². The predicted molar refractivity (Wildman–Crippen MR) is 122 cm³/mol. The van der Waals surface area contributed by atoms with Crippen molar-refractivity contribution in [1.82, 2.24) is 10.2 Å². The van der Waals surface area contributed by atoms with E-state index in [1.54, 1.807) is 5.57 Å². The molecular weight excluding hydrogens is 340 g/mol. The van der Waals surface area contributed by atoms with Gasteiger partial charge in [-0.15, -0.1) is 5.73 Å². The summed E-state index contributed by atoms with van der Waals surface area (Å²) in [6.45, 7) is 5.96. The topological polar surface area (TPSA) is 15.3 Å². The first-order chi connectivity index (χ1) is 13.8. The van der Waals surface area contributed by atoms with Crippen molar-refractivity contribution in [3.63, 3.8) is 0 Å². The molecule has 1 saturated heterocycles. The van der Waals surface area contributed by atoms with Crippen LogP contribution in [-0.4, -0.2) is 37.6 Å². The summed E-state index contributed by atoms with van der Waals surface area (Å²) in [5.74, 6) is 1.51. The Morgan fingerprint density at radius 2 is 1.64 bits per heavy atom. The summed E-state index contributed by atoms with van der Waals surface area (Å²) in [7, 11) is 2.12. The molecule has 3 rings (SSSR count). The molecule has 2 nitrogen and oxygen atoms in total. The maximum Gasteiger partial charge on any atom is 0.00884 e. The van der Waals surface area contributed by atoms with Crippen LogP contribution in [0.1, 0.15) is 77.6 Å². The highest BCUT2D eigenvalue weighted by Crippen LogP contribution is 2.34. The quantitative estimate of drug-likeness (QED) is 0.584. The van der Waals surface area contributed by atoms with Gasteiger partial charge < -0.3 is 10.2 Å². The number of nitrogens with zero attached hydrogens (tertiary/aromatic N) is 1. The van der Waals surface area contributed by atoms with E-state index in [0.717, 1.165) is 12.0 Å². The van der Waals surface area contributed by atoms with Gasteiger partial charge in [-0.3, -0.25) is 0 Å². The second-order valence-corrected chi connectivity index (χ2v) is 9.32. The minimum Gasteiger partial charge on any atom is -0.317 e.